The third-order valence-electron chi connectivity index (χ3n) is 8.01. The first kappa shape index (κ1) is 28.0. The fraction of sp³-hybridized carbons (Fsp3) is 0.760. The lowest BCUT2D eigenvalue weighted by Crippen LogP contribution is -2.54. The molecular formula is C25H36F4O5S2. The van der Waals surface area contributed by atoms with Gasteiger partial charge in [0, 0.05) is 22.3 Å². The third kappa shape index (κ3) is 4.66. The third-order valence-corrected chi connectivity index (χ3v) is 13.7. The largest absolute Gasteiger partial charge is 0.493 e. The molecule has 0 radical (unpaired) electrons. The molecule has 0 aromatic heterocycles. The number of aryl methyl sites for hydroxylation is 2. The van der Waals surface area contributed by atoms with Crippen molar-refractivity contribution in [2.24, 2.45) is 17.8 Å². The number of hydrogen-bond donors (Lipinski definition) is 1. The molecule has 1 N–H and O–H groups in total. The average Bonchev–Trinajstić information content (AvgIpc) is 3.51. The molecule has 11 heteroatoms. The number of alkyl halides is 4. The Hall–Kier alpha value is -1.04. The summed E-state index contributed by atoms with van der Waals surface area (Å²) in [5.41, 5.74) is 1.44. The SMILES string of the molecule is CCCCOc1c(C)cc(S2(OS(=O)(=O)C(F)(F)C(F)(F)C3CC4CC3CC4O)CCCC2)cc1C. The summed E-state index contributed by atoms with van der Waals surface area (Å²) in [4.78, 5) is 0.462. The van der Waals surface area contributed by atoms with Gasteiger partial charge >= 0.3 is 21.3 Å². The van der Waals surface area contributed by atoms with Gasteiger partial charge in [0.05, 0.1) is 12.7 Å². The fourth-order valence-corrected chi connectivity index (χ4v) is 11.9. The Morgan fingerprint density at radius 1 is 1.03 bits per heavy atom. The van der Waals surface area contributed by atoms with E-state index in [1.807, 2.05) is 6.92 Å². The van der Waals surface area contributed by atoms with Crippen LogP contribution in [0, 0.1) is 31.6 Å². The van der Waals surface area contributed by atoms with Crippen molar-refractivity contribution in [3.63, 3.8) is 0 Å². The topological polar surface area (TPSA) is 72.8 Å². The molecule has 2 aliphatic carbocycles. The van der Waals surface area contributed by atoms with Crippen molar-refractivity contribution in [3.8, 4) is 5.75 Å². The minimum Gasteiger partial charge on any atom is -0.493 e. The van der Waals surface area contributed by atoms with E-state index >= 15 is 17.6 Å². The molecule has 36 heavy (non-hydrogen) atoms. The maximum atomic E-state index is 15.3. The Morgan fingerprint density at radius 3 is 2.14 bits per heavy atom. The summed E-state index contributed by atoms with van der Waals surface area (Å²) >= 11 is 0. The van der Waals surface area contributed by atoms with Crippen molar-refractivity contribution in [2.45, 2.75) is 87.9 Å². The van der Waals surface area contributed by atoms with Crippen molar-refractivity contribution >= 4 is 20.4 Å². The van der Waals surface area contributed by atoms with Crippen LogP contribution in [0.2, 0.25) is 0 Å². The van der Waals surface area contributed by atoms with Gasteiger partial charge in [-0.05, 0) is 87.5 Å². The number of rotatable bonds is 10. The van der Waals surface area contributed by atoms with E-state index in [1.54, 1.807) is 26.0 Å². The molecule has 4 atom stereocenters. The van der Waals surface area contributed by atoms with Gasteiger partial charge in [-0.3, -0.25) is 0 Å². The summed E-state index contributed by atoms with van der Waals surface area (Å²) in [6, 6.07) is 3.39. The summed E-state index contributed by atoms with van der Waals surface area (Å²) in [5, 5.41) is 4.48. The molecule has 1 aromatic carbocycles. The lowest BCUT2D eigenvalue weighted by Gasteiger charge is -2.39. The van der Waals surface area contributed by atoms with Gasteiger partial charge in [-0.15, -0.1) is 0 Å². The molecule has 0 amide bonds. The highest BCUT2D eigenvalue weighted by Gasteiger charge is 2.73. The number of hydrogen-bond acceptors (Lipinski definition) is 5. The van der Waals surface area contributed by atoms with E-state index in [-0.39, 0.29) is 30.8 Å². The van der Waals surface area contributed by atoms with Crippen LogP contribution in [0.1, 0.15) is 63.0 Å². The molecule has 206 valence electrons. The van der Waals surface area contributed by atoms with Crippen LogP contribution in [0.4, 0.5) is 17.6 Å². The van der Waals surface area contributed by atoms with Gasteiger partial charge in [0.1, 0.15) is 5.75 Å². The highest BCUT2D eigenvalue weighted by molar-refractivity contribution is 8.33. The number of unbranched alkanes of at least 4 members (excludes halogenated alkanes) is 1. The van der Waals surface area contributed by atoms with E-state index in [9.17, 15) is 13.5 Å². The van der Waals surface area contributed by atoms with E-state index < -0.39 is 55.5 Å². The van der Waals surface area contributed by atoms with Crippen LogP contribution in [0.3, 0.4) is 0 Å². The molecule has 1 aromatic rings. The van der Waals surface area contributed by atoms with Gasteiger partial charge in [-0.25, -0.2) is 3.63 Å². The van der Waals surface area contributed by atoms with Crippen molar-refractivity contribution in [1.82, 2.24) is 0 Å². The number of ether oxygens (including phenoxy) is 1. The highest BCUT2D eigenvalue weighted by Crippen LogP contribution is 2.66. The summed E-state index contributed by atoms with van der Waals surface area (Å²) in [6.45, 7) is 6.14. The minimum atomic E-state index is -5.97. The molecule has 1 aliphatic heterocycles. The van der Waals surface area contributed by atoms with Crippen LogP contribution in [-0.2, 0) is 13.7 Å². The predicted molar refractivity (Wildman–Crippen MR) is 131 cm³/mol. The summed E-state index contributed by atoms with van der Waals surface area (Å²) in [7, 11) is -8.74. The smallest absolute Gasteiger partial charge is 0.432 e. The quantitative estimate of drug-likeness (QED) is 0.269. The van der Waals surface area contributed by atoms with Crippen LogP contribution in [-0.4, -0.2) is 48.9 Å². The molecule has 3 fully saturated rings. The van der Waals surface area contributed by atoms with Gasteiger partial charge in [0.15, 0.2) is 0 Å². The molecule has 2 bridgehead atoms. The van der Waals surface area contributed by atoms with Crippen molar-refractivity contribution < 1.29 is 39.5 Å². The first-order valence-corrected chi connectivity index (χ1v) is 16.0. The van der Waals surface area contributed by atoms with E-state index in [2.05, 4.69) is 0 Å². The Labute approximate surface area is 212 Å². The number of benzene rings is 1. The van der Waals surface area contributed by atoms with Crippen molar-refractivity contribution in [3.05, 3.63) is 23.3 Å². The minimum absolute atomic E-state index is 0.0116. The summed E-state index contributed by atoms with van der Waals surface area (Å²) in [5.74, 6) is -6.86. The molecule has 3 aliphatic rings. The summed E-state index contributed by atoms with van der Waals surface area (Å²) in [6.07, 6.45) is 2.02. The molecule has 1 heterocycles. The van der Waals surface area contributed by atoms with E-state index in [1.165, 1.54) is 0 Å². The van der Waals surface area contributed by atoms with E-state index in [4.69, 9.17) is 8.37 Å². The van der Waals surface area contributed by atoms with E-state index in [0.29, 0.717) is 30.1 Å². The molecular weight excluding hydrogens is 520 g/mol. The molecule has 2 saturated carbocycles. The maximum Gasteiger partial charge on any atom is 0.432 e. The molecule has 1 saturated heterocycles. The van der Waals surface area contributed by atoms with Crippen LogP contribution < -0.4 is 4.74 Å². The monoisotopic (exact) mass is 556 g/mol. The van der Waals surface area contributed by atoms with Gasteiger partial charge in [-0.2, -0.15) is 26.0 Å². The Bertz CT molecular complexity index is 1050. The average molecular weight is 557 g/mol. The molecule has 0 spiro atoms. The zero-order valence-electron chi connectivity index (χ0n) is 20.9. The standard InChI is InChI=1S/C25H36F4O5S2/c1-4-5-8-33-23-16(2)11-20(12-17(23)3)35(9-6-7-10-35)34-36(31,32)25(28,29)24(26,27)21-14-19-13-18(21)15-22(19)30/h11-12,18-19,21-22,30H,4-10,13-15H2,1-3H3. The second kappa shape index (κ2) is 9.93. The van der Waals surface area contributed by atoms with Crippen LogP contribution in [0.25, 0.3) is 0 Å². The normalized spacial score (nSPS) is 29.0. The highest BCUT2D eigenvalue weighted by atomic mass is 32.3. The first-order valence-electron chi connectivity index (χ1n) is 12.7. The maximum absolute atomic E-state index is 15.3. The van der Waals surface area contributed by atoms with Crippen molar-refractivity contribution in [2.75, 3.05) is 18.1 Å². The molecule has 4 rings (SSSR count). The van der Waals surface area contributed by atoms with Crippen LogP contribution in [0.5, 0.6) is 5.75 Å². The van der Waals surface area contributed by atoms with Gasteiger partial charge in [0.25, 0.3) is 0 Å². The van der Waals surface area contributed by atoms with Gasteiger partial charge < -0.3 is 9.84 Å². The number of aliphatic hydroxyl groups excluding tert-OH is 1. The number of fused-ring (bicyclic) bond motifs is 2. The first-order chi connectivity index (χ1) is 16.8. The van der Waals surface area contributed by atoms with Gasteiger partial charge in [0.2, 0.25) is 0 Å². The molecule has 4 unspecified atom stereocenters. The predicted octanol–water partition coefficient (Wildman–Crippen LogP) is 6.34. The van der Waals surface area contributed by atoms with Gasteiger partial charge in [-0.1, -0.05) is 23.7 Å². The molecule has 5 nitrogen and oxygen atoms in total. The lowest BCUT2D eigenvalue weighted by molar-refractivity contribution is -0.204. The summed E-state index contributed by atoms with van der Waals surface area (Å²) < 4.78 is 98.0. The zero-order chi connectivity index (χ0) is 26.5. The van der Waals surface area contributed by atoms with Crippen LogP contribution >= 0.6 is 10.3 Å². The lowest BCUT2D eigenvalue weighted by atomic mass is 9.83. The second-order valence-corrected chi connectivity index (χ2v) is 15.5. The van der Waals surface area contributed by atoms with Crippen LogP contribution in [0.15, 0.2) is 17.0 Å². The number of halogens is 4. The Balaban J connectivity index is 1.62. The second-order valence-electron chi connectivity index (χ2n) is 10.6. The number of aliphatic hydroxyl groups is 1. The Kier molecular flexibility index (Phi) is 7.72. The van der Waals surface area contributed by atoms with E-state index in [0.717, 1.165) is 24.0 Å². The fourth-order valence-electron chi connectivity index (χ4n) is 6.07. The Morgan fingerprint density at radius 2 is 1.64 bits per heavy atom. The van der Waals surface area contributed by atoms with Crippen molar-refractivity contribution in [1.29, 1.82) is 0 Å². The zero-order valence-corrected chi connectivity index (χ0v) is 22.6.